The van der Waals surface area contributed by atoms with Crippen LogP contribution in [0.3, 0.4) is 0 Å². The Labute approximate surface area is 145 Å². The molecule has 8 nitrogen and oxygen atoms in total. The molecule has 25 heavy (non-hydrogen) atoms. The first kappa shape index (κ1) is 18.3. The van der Waals surface area contributed by atoms with Crippen molar-refractivity contribution in [3.8, 4) is 5.75 Å². The fraction of sp³-hybridized carbons (Fsp3) is 0.200. The third kappa shape index (κ3) is 4.73. The van der Waals surface area contributed by atoms with E-state index in [1.807, 2.05) is 0 Å². The van der Waals surface area contributed by atoms with Gasteiger partial charge in [0.15, 0.2) is 6.10 Å². The number of nitro groups is 1. The van der Waals surface area contributed by atoms with Gasteiger partial charge in [0.2, 0.25) is 0 Å². The molecular formula is C15H14FN3O5S. The molecule has 0 fully saturated rings. The Balaban J connectivity index is 1.90. The van der Waals surface area contributed by atoms with Crippen LogP contribution in [0, 0.1) is 22.9 Å². The summed E-state index contributed by atoms with van der Waals surface area (Å²) in [6.45, 7) is 2.97. The number of aryl methyl sites for hydroxylation is 1. The van der Waals surface area contributed by atoms with E-state index in [9.17, 15) is 24.1 Å². The predicted molar refractivity (Wildman–Crippen MR) is 87.8 cm³/mol. The highest BCUT2D eigenvalue weighted by atomic mass is 32.1. The number of hydrazine groups is 1. The van der Waals surface area contributed by atoms with E-state index in [2.05, 4.69) is 10.9 Å². The number of ether oxygens (including phenoxy) is 1. The van der Waals surface area contributed by atoms with Crippen molar-refractivity contribution in [3.63, 3.8) is 0 Å². The molecule has 2 rings (SSSR count). The van der Waals surface area contributed by atoms with Gasteiger partial charge < -0.3 is 4.74 Å². The number of rotatable bonds is 5. The molecule has 0 aliphatic rings. The van der Waals surface area contributed by atoms with E-state index < -0.39 is 28.7 Å². The van der Waals surface area contributed by atoms with Crippen molar-refractivity contribution < 1.29 is 23.6 Å². The molecule has 0 aliphatic carbocycles. The van der Waals surface area contributed by atoms with Gasteiger partial charge in [-0.1, -0.05) is 0 Å². The Bertz CT molecular complexity index is 806. The summed E-state index contributed by atoms with van der Waals surface area (Å²) < 4.78 is 18.1. The van der Waals surface area contributed by atoms with Gasteiger partial charge in [0.25, 0.3) is 17.5 Å². The third-order valence-corrected chi connectivity index (χ3v) is 4.15. The third-order valence-electron chi connectivity index (χ3n) is 3.11. The summed E-state index contributed by atoms with van der Waals surface area (Å²) in [6.07, 6.45) is -0.954. The molecule has 0 spiro atoms. The number of nitrogens with zero attached hydrogens (tertiary/aromatic N) is 1. The van der Waals surface area contributed by atoms with Crippen LogP contribution in [0.4, 0.5) is 10.1 Å². The lowest BCUT2D eigenvalue weighted by atomic mass is 10.3. The lowest BCUT2D eigenvalue weighted by molar-refractivity contribution is -0.385. The van der Waals surface area contributed by atoms with Gasteiger partial charge in [-0.05, 0) is 38.1 Å². The Morgan fingerprint density at radius 2 is 1.92 bits per heavy atom. The standard InChI is InChI=1S/C15H14FN3O5S/c1-8(24-11-5-3-10(16)4-6-11)14(20)17-18-15(21)13-7-12(19(22)23)9(2)25-13/h3-8H,1-2H3,(H,17,20)(H,18,21). The lowest BCUT2D eigenvalue weighted by Gasteiger charge is -2.14. The number of amides is 2. The summed E-state index contributed by atoms with van der Waals surface area (Å²) in [4.78, 5) is 34.5. The molecule has 1 aromatic carbocycles. The van der Waals surface area contributed by atoms with Crippen LogP contribution in [0.25, 0.3) is 0 Å². The normalized spacial score (nSPS) is 11.5. The van der Waals surface area contributed by atoms with Crippen LogP contribution in [-0.2, 0) is 4.79 Å². The fourth-order valence-corrected chi connectivity index (χ4v) is 2.70. The smallest absolute Gasteiger partial charge is 0.283 e. The minimum Gasteiger partial charge on any atom is -0.481 e. The molecule has 0 bridgehead atoms. The molecule has 1 heterocycles. The van der Waals surface area contributed by atoms with Gasteiger partial charge in [-0.2, -0.15) is 0 Å². The number of hydrogen-bond acceptors (Lipinski definition) is 6. The minimum absolute atomic E-state index is 0.0941. The van der Waals surface area contributed by atoms with Gasteiger partial charge in [-0.25, -0.2) is 4.39 Å². The second kappa shape index (κ2) is 7.71. The number of carbonyl (C=O) groups excluding carboxylic acids is 2. The molecule has 0 aliphatic heterocycles. The van der Waals surface area contributed by atoms with Gasteiger partial charge >= 0.3 is 0 Å². The Morgan fingerprint density at radius 3 is 2.48 bits per heavy atom. The average Bonchev–Trinajstić information content (AvgIpc) is 2.96. The van der Waals surface area contributed by atoms with Gasteiger partial charge in [0.05, 0.1) is 9.80 Å². The average molecular weight is 367 g/mol. The van der Waals surface area contributed by atoms with Crippen LogP contribution in [-0.4, -0.2) is 22.8 Å². The van der Waals surface area contributed by atoms with Crippen molar-refractivity contribution in [2.75, 3.05) is 0 Å². The summed E-state index contributed by atoms with van der Waals surface area (Å²) in [5.74, 6) is -1.46. The number of hydrogen-bond donors (Lipinski definition) is 2. The van der Waals surface area contributed by atoms with Crippen molar-refractivity contribution in [1.82, 2.24) is 10.9 Å². The summed E-state index contributed by atoms with van der Waals surface area (Å²) in [6, 6.07) is 6.25. The highest BCUT2D eigenvalue weighted by Crippen LogP contribution is 2.27. The SMILES string of the molecule is Cc1sc(C(=O)NNC(=O)C(C)Oc2ccc(F)cc2)cc1[N+](=O)[O-]. The molecule has 0 saturated carbocycles. The highest BCUT2D eigenvalue weighted by molar-refractivity contribution is 7.14. The molecule has 132 valence electrons. The van der Waals surface area contributed by atoms with E-state index in [-0.39, 0.29) is 10.6 Å². The van der Waals surface area contributed by atoms with Crippen LogP contribution in [0.15, 0.2) is 30.3 Å². The van der Waals surface area contributed by atoms with E-state index in [1.54, 1.807) is 0 Å². The van der Waals surface area contributed by atoms with Gasteiger partial charge in [-0.3, -0.25) is 30.6 Å². The molecule has 1 aromatic heterocycles. The first-order valence-corrected chi connectivity index (χ1v) is 7.87. The highest BCUT2D eigenvalue weighted by Gasteiger charge is 2.21. The van der Waals surface area contributed by atoms with Crippen LogP contribution in [0.1, 0.15) is 21.5 Å². The van der Waals surface area contributed by atoms with E-state index in [1.165, 1.54) is 38.1 Å². The zero-order valence-electron chi connectivity index (χ0n) is 13.2. The van der Waals surface area contributed by atoms with E-state index in [0.29, 0.717) is 10.6 Å². The van der Waals surface area contributed by atoms with Crippen molar-refractivity contribution in [1.29, 1.82) is 0 Å². The molecule has 2 amide bonds. The first-order valence-electron chi connectivity index (χ1n) is 7.05. The van der Waals surface area contributed by atoms with Crippen LogP contribution in [0.2, 0.25) is 0 Å². The van der Waals surface area contributed by atoms with Crippen LogP contribution >= 0.6 is 11.3 Å². The Kier molecular flexibility index (Phi) is 5.65. The minimum atomic E-state index is -0.954. The maximum atomic E-state index is 12.8. The molecule has 0 saturated heterocycles. The van der Waals surface area contributed by atoms with E-state index >= 15 is 0 Å². The molecule has 2 N–H and O–H groups in total. The molecule has 1 unspecified atom stereocenters. The van der Waals surface area contributed by atoms with Crippen molar-refractivity contribution >= 4 is 28.8 Å². The summed E-state index contributed by atoms with van der Waals surface area (Å²) in [5, 5.41) is 10.8. The summed E-state index contributed by atoms with van der Waals surface area (Å²) in [5.41, 5.74) is 4.17. The van der Waals surface area contributed by atoms with Crippen molar-refractivity contribution in [2.24, 2.45) is 0 Å². The number of halogens is 1. The molecular weight excluding hydrogens is 353 g/mol. The first-order chi connectivity index (χ1) is 11.8. The fourth-order valence-electron chi connectivity index (χ4n) is 1.82. The summed E-state index contributed by atoms with van der Waals surface area (Å²) in [7, 11) is 0. The van der Waals surface area contributed by atoms with Gasteiger partial charge in [0.1, 0.15) is 16.4 Å². The van der Waals surface area contributed by atoms with Crippen molar-refractivity contribution in [3.05, 3.63) is 56.0 Å². The lowest BCUT2D eigenvalue weighted by Crippen LogP contribution is -2.47. The van der Waals surface area contributed by atoms with Crippen LogP contribution < -0.4 is 15.6 Å². The second-order valence-electron chi connectivity index (χ2n) is 4.97. The molecule has 2 aromatic rings. The topological polar surface area (TPSA) is 111 Å². The van der Waals surface area contributed by atoms with E-state index in [4.69, 9.17) is 4.74 Å². The second-order valence-corrected chi connectivity index (χ2v) is 6.22. The number of carbonyl (C=O) groups is 2. The van der Waals surface area contributed by atoms with Gasteiger partial charge in [-0.15, -0.1) is 11.3 Å². The number of thiophene rings is 1. The van der Waals surface area contributed by atoms with E-state index in [0.717, 1.165) is 17.4 Å². The monoisotopic (exact) mass is 367 g/mol. The Hall–Kier alpha value is -3.01. The van der Waals surface area contributed by atoms with Gasteiger partial charge in [0, 0.05) is 6.07 Å². The molecule has 0 radical (unpaired) electrons. The number of nitrogens with one attached hydrogen (secondary N) is 2. The summed E-state index contributed by atoms with van der Waals surface area (Å²) >= 11 is 0.943. The molecule has 10 heteroatoms. The zero-order chi connectivity index (χ0) is 18.6. The van der Waals surface area contributed by atoms with Crippen LogP contribution in [0.5, 0.6) is 5.75 Å². The largest absolute Gasteiger partial charge is 0.481 e. The zero-order valence-corrected chi connectivity index (χ0v) is 14.1. The number of benzene rings is 1. The molecule has 1 atom stereocenters. The quantitative estimate of drug-likeness (QED) is 0.622. The predicted octanol–water partition coefficient (Wildman–Crippen LogP) is 2.33. The maximum Gasteiger partial charge on any atom is 0.283 e. The maximum absolute atomic E-state index is 12.8. The Morgan fingerprint density at radius 1 is 1.28 bits per heavy atom. The van der Waals surface area contributed by atoms with Crippen molar-refractivity contribution in [2.45, 2.75) is 20.0 Å².